The van der Waals surface area contributed by atoms with Crippen LogP contribution in [0.3, 0.4) is 0 Å². The van der Waals surface area contributed by atoms with E-state index in [2.05, 4.69) is 15.6 Å². The predicted molar refractivity (Wildman–Crippen MR) is 199 cm³/mol. The highest BCUT2D eigenvalue weighted by Gasteiger charge is 2.37. The van der Waals surface area contributed by atoms with Crippen LogP contribution in [-0.4, -0.2) is 112 Å². The van der Waals surface area contributed by atoms with Gasteiger partial charge in [-0.3, -0.25) is 18.9 Å². The van der Waals surface area contributed by atoms with E-state index in [4.69, 9.17) is 32.2 Å². The first-order valence-corrected chi connectivity index (χ1v) is 20.1. The van der Waals surface area contributed by atoms with Crippen molar-refractivity contribution in [2.24, 2.45) is 0 Å². The van der Waals surface area contributed by atoms with Crippen molar-refractivity contribution in [2.75, 3.05) is 57.0 Å². The molecule has 1 fully saturated rings. The van der Waals surface area contributed by atoms with Gasteiger partial charge in [0.1, 0.15) is 12.2 Å². The normalized spacial score (nSPS) is 18.2. The molecule has 2 aliphatic rings. The van der Waals surface area contributed by atoms with E-state index in [0.717, 1.165) is 12.0 Å². The zero-order chi connectivity index (χ0) is 38.1. The van der Waals surface area contributed by atoms with Crippen LogP contribution >= 0.6 is 30.8 Å². The van der Waals surface area contributed by atoms with Crippen LogP contribution in [-0.2, 0) is 23.2 Å². The van der Waals surface area contributed by atoms with Crippen molar-refractivity contribution < 1.29 is 37.9 Å². The molecule has 3 amide bonds. The molecule has 2 bridgehead atoms. The first-order valence-electron chi connectivity index (χ1n) is 17.6. The largest absolute Gasteiger partial charge is 0.465 e. The summed E-state index contributed by atoms with van der Waals surface area (Å²) in [6.07, 6.45) is 2.26. The molecule has 0 radical (unpaired) electrons. The summed E-state index contributed by atoms with van der Waals surface area (Å²) < 4.78 is 26.1. The Morgan fingerprint density at radius 1 is 1.06 bits per heavy atom. The SMILES string of the molecule is CCOP(=O)(CC(=O)N(CCC(=O)c1cc(Cl)ccc1-n1cc(Cl)nn1)[C@H]1CCCCCNC(=O)[C@H]2CN(C(=O)O)CCN2c2cccc1c2)OCC. The summed E-state index contributed by atoms with van der Waals surface area (Å²) in [4.78, 5) is 58.3. The van der Waals surface area contributed by atoms with Gasteiger partial charge in [-0.05, 0) is 62.6 Å². The Morgan fingerprint density at radius 3 is 2.53 bits per heavy atom. The molecule has 18 heteroatoms. The summed E-state index contributed by atoms with van der Waals surface area (Å²) in [5.41, 5.74) is 2.08. The number of aromatic nitrogens is 3. The van der Waals surface area contributed by atoms with E-state index in [1.165, 1.54) is 21.8 Å². The average Bonchev–Trinajstić information content (AvgIpc) is 3.57. The zero-order valence-electron chi connectivity index (χ0n) is 29.7. The van der Waals surface area contributed by atoms with Crippen molar-refractivity contribution in [2.45, 2.75) is 58.0 Å². The van der Waals surface area contributed by atoms with Crippen LogP contribution in [0.15, 0.2) is 48.7 Å². The maximum Gasteiger partial charge on any atom is 0.407 e. The number of halogens is 2. The van der Waals surface area contributed by atoms with Gasteiger partial charge in [-0.25, -0.2) is 9.48 Å². The second-order valence-electron chi connectivity index (χ2n) is 12.7. The quantitative estimate of drug-likeness (QED) is 0.166. The molecule has 1 aromatic heterocycles. The number of amides is 3. The summed E-state index contributed by atoms with van der Waals surface area (Å²) in [6.45, 7) is 4.32. The number of piperazine rings is 1. The lowest BCUT2D eigenvalue weighted by molar-refractivity contribution is -0.131. The summed E-state index contributed by atoms with van der Waals surface area (Å²) >= 11 is 12.3. The fourth-order valence-electron chi connectivity index (χ4n) is 6.75. The molecule has 5 rings (SSSR count). The van der Waals surface area contributed by atoms with Crippen molar-refractivity contribution >= 4 is 60.2 Å². The van der Waals surface area contributed by atoms with Crippen LogP contribution in [0.25, 0.3) is 5.69 Å². The smallest absolute Gasteiger partial charge is 0.407 e. The molecule has 286 valence electrons. The van der Waals surface area contributed by atoms with E-state index in [1.807, 2.05) is 29.2 Å². The van der Waals surface area contributed by atoms with Crippen LogP contribution in [0, 0.1) is 0 Å². The van der Waals surface area contributed by atoms with Crippen molar-refractivity contribution in [3.8, 4) is 5.69 Å². The minimum Gasteiger partial charge on any atom is -0.465 e. The van der Waals surface area contributed by atoms with Gasteiger partial charge in [0.25, 0.3) is 0 Å². The molecule has 2 N–H and O–H groups in total. The minimum absolute atomic E-state index is 0.00201. The summed E-state index contributed by atoms with van der Waals surface area (Å²) in [5, 5.41) is 21.0. The van der Waals surface area contributed by atoms with E-state index >= 15 is 0 Å². The van der Waals surface area contributed by atoms with Crippen molar-refractivity contribution in [3.05, 3.63) is 70.0 Å². The molecule has 0 spiro atoms. The Balaban J connectivity index is 1.52. The van der Waals surface area contributed by atoms with Gasteiger partial charge in [0.15, 0.2) is 10.9 Å². The number of nitrogens with one attached hydrogen (secondary N) is 1. The van der Waals surface area contributed by atoms with Gasteiger partial charge in [-0.1, -0.05) is 53.4 Å². The van der Waals surface area contributed by atoms with E-state index in [-0.39, 0.29) is 68.2 Å². The minimum atomic E-state index is -3.84. The topological polar surface area (TPSA) is 176 Å². The first-order chi connectivity index (χ1) is 25.4. The van der Waals surface area contributed by atoms with Crippen molar-refractivity contribution in [3.63, 3.8) is 0 Å². The van der Waals surface area contributed by atoms with Crippen LogP contribution in [0.1, 0.15) is 67.9 Å². The molecule has 0 unspecified atom stereocenters. The van der Waals surface area contributed by atoms with Gasteiger partial charge in [-0.2, -0.15) is 0 Å². The van der Waals surface area contributed by atoms with E-state index in [0.29, 0.717) is 42.2 Å². The maximum atomic E-state index is 14.4. The predicted octanol–water partition coefficient (Wildman–Crippen LogP) is 5.84. The molecule has 1 saturated heterocycles. The number of hydrogen-bond acceptors (Lipinski definition) is 10. The molecular weight excluding hydrogens is 748 g/mol. The van der Waals surface area contributed by atoms with Crippen LogP contribution in [0.2, 0.25) is 10.2 Å². The third-order valence-electron chi connectivity index (χ3n) is 9.22. The number of rotatable bonds is 12. The fraction of sp³-hybridized carbons (Fsp3) is 0.486. The number of ketones is 1. The summed E-state index contributed by atoms with van der Waals surface area (Å²) in [7, 11) is -3.84. The van der Waals surface area contributed by atoms with E-state index in [9.17, 15) is 28.8 Å². The Morgan fingerprint density at radius 2 is 1.83 bits per heavy atom. The molecule has 2 aliphatic heterocycles. The number of nitrogens with zero attached hydrogens (tertiary/aromatic N) is 6. The molecule has 3 heterocycles. The van der Waals surface area contributed by atoms with Gasteiger partial charge in [-0.15, -0.1) is 5.10 Å². The molecule has 0 aliphatic carbocycles. The number of carboxylic acid groups (broad SMARTS) is 1. The first kappa shape index (κ1) is 40.2. The standard InChI is InChI=1S/C35H44Cl2N7O8P/c1-3-51-53(50,52-4-2)23-33(46)43(16-14-31(45)27-20-25(36)12-13-29(27)44-22-32(37)39-40-44)28-11-6-5-7-15-38-34(47)30-21-41(35(48)49)17-18-42(30)26-10-8-9-24(28)19-26/h8-10,12-13,19-20,22,28,30H,3-7,11,14-18,21,23H2,1-2H3,(H,38,47)(H,48,49)/t28-,30+/m0/s1. The second kappa shape index (κ2) is 18.4. The second-order valence-corrected chi connectivity index (χ2v) is 15.6. The van der Waals surface area contributed by atoms with Gasteiger partial charge in [0.2, 0.25) is 11.8 Å². The number of carbonyl (C=O) groups is 4. The molecule has 2 atom stereocenters. The van der Waals surface area contributed by atoms with Crippen LogP contribution in [0.4, 0.5) is 10.5 Å². The highest BCUT2D eigenvalue weighted by molar-refractivity contribution is 7.54. The Kier molecular flexibility index (Phi) is 13.9. The monoisotopic (exact) mass is 791 g/mol. The molecular formula is C35H44Cl2N7O8P. The summed E-state index contributed by atoms with van der Waals surface area (Å²) in [5.74, 6) is -1.10. The molecule has 15 nitrogen and oxygen atoms in total. The average molecular weight is 793 g/mol. The Labute approximate surface area is 318 Å². The number of Topliss-reactive ketones (excluding diaryl/α,β-unsaturated/α-hetero) is 1. The zero-order valence-corrected chi connectivity index (χ0v) is 32.1. The number of carbonyl (C=O) groups excluding carboxylic acids is 3. The number of anilines is 1. The van der Waals surface area contributed by atoms with Gasteiger partial charge in [0, 0.05) is 48.9 Å². The van der Waals surface area contributed by atoms with E-state index < -0.39 is 37.8 Å². The number of benzene rings is 2. The molecule has 2 aromatic carbocycles. The van der Waals surface area contributed by atoms with Crippen LogP contribution in [0.5, 0.6) is 0 Å². The lowest BCUT2D eigenvalue weighted by Crippen LogP contribution is -2.60. The number of hydrogen-bond donors (Lipinski definition) is 2. The van der Waals surface area contributed by atoms with Crippen molar-refractivity contribution in [1.82, 2.24) is 30.1 Å². The summed E-state index contributed by atoms with van der Waals surface area (Å²) in [6, 6.07) is 10.9. The lowest BCUT2D eigenvalue weighted by atomic mass is 9.96. The van der Waals surface area contributed by atoms with Gasteiger partial charge in [0.05, 0.1) is 37.7 Å². The molecule has 0 saturated carbocycles. The van der Waals surface area contributed by atoms with E-state index in [1.54, 1.807) is 30.9 Å². The third-order valence-corrected chi connectivity index (χ3v) is 11.6. The highest BCUT2D eigenvalue weighted by atomic mass is 35.5. The molecule has 53 heavy (non-hydrogen) atoms. The van der Waals surface area contributed by atoms with Gasteiger partial charge < -0.3 is 34.2 Å². The maximum absolute atomic E-state index is 14.4. The molecule has 3 aromatic rings. The van der Waals surface area contributed by atoms with Crippen molar-refractivity contribution in [1.29, 1.82) is 0 Å². The van der Waals surface area contributed by atoms with Gasteiger partial charge >= 0.3 is 13.7 Å². The Bertz CT molecular complexity index is 1830. The van der Waals surface area contributed by atoms with Crippen LogP contribution < -0.4 is 10.2 Å². The number of fused-ring (bicyclic) bond motifs is 4. The fourth-order valence-corrected chi connectivity index (χ4v) is 8.61. The highest BCUT2D eigenvalue weighted by Crippen LogP contribution is 2.48. The lowest BCUT2D eigenvalue weighted by Gasteiger charge is -2.41. The third kappa shape index (κ3) is 10.2. The Hall–Kier alpha value is -4.01.